The molecule has 0 N–H and O–H groups in total. The summed E-state index contributed by atoms with van der Waals surface area (Å²) in [6, 6.07) is 11.8. The molecule has 0 radical (unpaired) electrons. The van der Waals surface area contributed by atoms with Gasteiger partial charge in [-0.25, -0.2) is 0 Å². The van der Waals surface area contributed by atoms with E-state index in [9.17, 15) is 4.79 Å². The van der Waals surface area contributed by atoms with Crippen molar-refractivity contribution in [1.82, 2.24) is 10.2 Å². The van der Waals surface area contributed by atoms with Crippen LogP contribution in [0.2, 0.25) is 0 Å². The molecule has 0 bridgehead atoms. The molecular weight excluding hydrogens is 344 g/mol. The minimum Gasteiger partial charge on any atom is -0.411 e. The Balaban J connectivity index is 1.74. The van der Waals surface area contributed by atoms with Crippen LogP contribution >= 0.6 is 11.8 Å². The van der Waals surface area contributed by atoms with Crippen molar-refractivity contribution in [1.29, 1.82) is 0 Å². The minimum atomic E-state index is -0.301. The zero-order valence-corrected chi connectivity index (χ0v) is 16.5. The van der Waals surface area contributed by atoms with E-state index in [4.69, 9.17) is 4.42 Å². The molecule has 1 aromatic heterocycles. The highest BCUT2D eigenvalue weighted by Crippen LogP contribution is 2.28. The number of hydrogen-bond acceptors (Lipinski definition) is 5. The van der Waals surface area contributed by atoms with E-state index in [0.717, 1.165) is 11.1 Å². The van der Waals surface area contributed by atoms with Crippen LogP contribution < -0.4 is 0 Å². The van der Waals surface area contributed by atoms with E-state index in [2.05, 4.69) is 24.0 Å². The number of aryl methyl sites for hydroxylation is 4. The molecule has 2 aromatic carbocycles. The van der Waals surface area contributed by atoms with Crippen molar-refractivity contribution >= 4 is 17.5 Å². The first-order chi connectivity index (χ1) is 12.3. The van der Waals surface area contributed by atoms with Crippen LogP contribution in [0.3, 0.4) is 0 Å². The molecule has 1 heterocycles. The number of rotatable bonds is 5. The Morgan fingerprint density at radius 2 is 1.58 bits per heavy atom. The smallest absolute Gasteiger partial charge is 0.277 e. The van der Waals surface area contributed by atoms with E-state index in [-0.39, 0.29) is 11.0 Å². The van der Waals surface area contributed by atoms with Gasteiger partial charge in [-0.1, -0.05) is 30.0 Å². The van der Waals surface area contributed by atoms with Crippen molar-refractivity contribution in [3.8, 4) is 11.5 Å². The molecule has 0 aliphatic rings. The Morgan fingerprint density at radius 3 is 2.23 bits per heavy atom. The fraction of sp³-hybridized carbons (Fsp3) is 0.286. The average molecular weight is 366 g/mol. The summed E-state index contributed by atoms with van der Waals surface area (Å²) in [7, 11) is 0. The number of Topliss-reactive ketones (excluding diaryl/α,β-unsaturated/α-hetero) is 1. The molecule has 3 aromatic rings. The molecule has 0 aliphatic carbocycles. The van der Waals surface area contributed by atoms with Crippen molar-refractivity contribution in [3.05, 3.63) is 64.2 Å². The third-order valence-electron chi connectivity index (χ3n) is 4.60. The van der Waals surface area contributed by atoms with Crippen LogP contribution in [-0.4, -0.2) is 21.2 Å². The number of thioether (sulfide) groups is 1. The van der Waals surface area contributed by atoms with Gasteiger partial charge in [0.1, 0.15) is 0 Å². The van der Waals surface area contributed by atoms with Crippen LogP contribution in [0.25, 0.3) is 11.5 Å². The highest BCUT2D eigenvalue weighted by molar-refractivity contribution is 8.00. The van der Waals surface area contributed by atoms with Gasteiger partial charge in [0.25, 0.3) is 5.22 Å². The number of carbonyl (C=O) groups is 1. The highest BCUT2D eigenvalue weighted by Gasteiger charge is 2.20. The van der Waals surface area contributed by atoms with Gasteiger partial charge in [-0.15, -0.1) is 10.2 Å². The molecule has 0 spiro atoms. The maximum Gasteiger partial charge on any atom is 0.277 e. The highest BCUT2D eigenvalue weighted by atomic mass is 32.2. The molecule has 26 heavy (non-hydrogen) atoms. The topological polar surface area (TPSA) is 56.0 Å². The Hall–Kier alpha value is -2.40. The van der Waals surface area contributed by atoms with Gasteiger partial charge in [0.2, 0.25) is 5.89 Å². The van der Waals surface area contributed by atoms with E-state index in [0.29, 0.717) is 16.7 Å². The largest absolute Gasteiger partial charge is 0.411 e. The van der Waals surface area contributed by atoms with Crippen LogP contribution in [0, 0.1) is 27.7 Å². The normalized spacial score (nSPS) is 12.2. The first-order valence-corrected chi connectivity index (χ1v) is 9.42. The molecular formula is C21H22N2O2S. The molecule has 0 amide bonds. The van der Waals surface area contributed by atoms with Crippen LogP contribution in [0.15, 0.2) is 46.0 Å². The summed E-state index contributed by atoms with van der Waals surface area (Å²) in [5.74, 6) is 0.533. The van der Waals surface area contributed by atoms with Gasteiger partial charge in [-0.3, -0.25) is 4.79 Å². The molecule has 0 saturated heterocycles. The zero-order valence-electron chi connectivity index (χ0n) is 15.7. The van der Waals surface area contributed by atoms with Crippen LogP contribution in [0.4, 0.5) is 0 Å². The maximum absolute atomic E-state index is 12.7. The van der Waals surface area contributed by atoms with E-state index in [1.807, 2.05) is 57.2 Å². The van der Waals surface area contributed by atoms with Crippen molar-refractivity contribution < 1.29 is 9.21 Å². The number of hydrogen-bond donors (Lipinski definition) is 0. The van der Waals surface area contributed by atoms with Crippen LogP contribution in [-0.2, 0) is 0 Å². The van der Waals surface area contributed by atoms with Gasteiger partial charge in [0, 0.05) is 11.1 Å². The second kappa shape index (κ2) is 7.46. The lowest BCUT2D eigenvalue weighted by Gasteiger charge is -2.09. The summed E-state index contributed by atoms with van der Waals surface area (Å²) in [5, 5.41) is 8.31. The summed E-state index contributed by atoms with van der Waals surface area (Å²) >= 11 is 1.29. The number of carbonyl (C=O) groups excluding carboxylic acids is 1. The molecule has 134 valence electrons. The average Bonchev–Trinajstić information content (AvgIpc) is 3.07. The fourth-order valence-electron chi connectivity index (χ4n) is 2.58. The van der Waals surface area contributed by atoms with Gasteiger partial charge in [-0.05, 0) is 75.1 Å². The lowest BCUT2D eigenvalue weighted by Crippen LogP contribution is -2.13. The van der Waals surface area contributed by atoms with E-state index in [1.165, 1.54) is 28.5 Å². The van der Waals surface area contributed by atoms with Gasteiger partial charge >= 0.3 is 0 Å². The molecule has 4 nitrogen and oxygen atoms in total. The first kappa shape index (κ1) is 18.4. The maximum atomic E-state index is 12.7. The molecule has 1 atom stereocenters. The van der Waals surface area contributed by atoms with Gasteiger partial charge in [0.05, 0.1) is 5.25 Å². The molecule has 0 aliphatic heterocycles. The number of ketones is 1. The Kier molecular flexibility index (Phi) is 5.28. The molecule has 3 rings (SSSR count). The predicted molar refractivity (Wildman–Crippen MR) is 105 cm³/mol. The summed E-state index contributed by atoms with van der Waals surface area (Å²) in [4.78, 5) is 12.7. The summed E-state index contributed by atoms with van der Waals surface area (Å²) in [6.07, 6.45) is 0. The van der Waals surface area contributed by atoms with Crippen molar-refractivity contribution in [2.24, 2.45) is 0 Å². The minimum absolute atomic E-state index is 0.0593. The van der Waals surface area contributed by atoms with Crippen molar-refractivity contribution in [2.75, 3.05) is 0 Å². The quantitative estimate of drug-likeness (QED) is 0.451. The Bertz CT molecular complexity index is 962. The van der Waals surface area contributed by atoms with Crippen LogP contribution in [0.1, 0.15) is 39.5 Å². The number of benzene rings is 2. The lowest BCUT2D eigenvalue weighted by molar-refractivity contribution is 0.0993. The van der Waals surface area contributed by atoms with E-state index >= 15 is 0 Å². The molecule has 5 heteroatoms. The van der Waals surface area contributed by atoms with Gasteiger partial charge in [0.15, 0.2) is 5.78 Å². The second-order valence-corrected chi connectivity index (χ2v) is 7.89. The zero-order chi connectivity index (χ0) is 18.8. The fourth-order valence-corrected chi connectivity index (χ4v) is 3.34. The summed E-state index contributed by atoms with van der Waals surface area (Å²) in [5.41, 5.74) is 6.28. The Morgan fingerprint density at radius 1 is 0.923 bits per heavy atom. The monoisotopic (exact) mass is 366 g/mol. The molecule has 0 fully saturated rings. The number of nitrogens with zero attached hydrogens (tertiary/aromatic N) is 2. The molecule has 0 saturated carbocycles. The third kappa shape index (κ3) is 3.88. The summed E-state index contributed by atoms with van der Waals surface area (Å²) < 4.78 is 5.75. The predicted octanol–water partition coefficient (Wildman–Crippen LogP) is 5.33. The second-order valence-electron chi connectivity index (χ2n) is 6.60. The lowest BCUT2D eigenvalue weighted by atomic mass is 10.0. The van der Waals surface area contributed by atoms with Crippen LogP contribution in [0.5, 0.6) is 0 Å². The van der Waals surface area contributed by atoms with E-state index in [1.54, 1.807) is 0 Å². The molecule has 0 unspecified atom stereocenters. The SMILES string of the molecule is Cc1ccc(C(=O)[C@H](C)Sc2nnc(-c3ccc(C)c(C)c3)o2)cc1C. The number of aromatic nitrogens is 2. The first-order valence-electron chi connectivity index (χ1n) is 8.54. The van der Waals surface area contributed by atoms with Gasteiger partial charge < -0.3 is 4.42 Å². The standard InChI is InChI=1S/C21H22N2O2S/c1-12-6-8-17(10-14(12)3)19(24)16(5)26-21-23-22-20(25-21)18-9-7-13(2)15(4)11-18/h6-11,16H,1-5H3/t16-/m0/s1. The third-order valence-corrected chi connectivity index (χ3v) is 5.53. The van der Waals surface area contributed by atoms with Gasteiger partial charge in [-0.2, -0.15) is 0 Å². The van der Waals surface area contributed by atoms with Crippen molar-refractivity contribution in [3.63, 3.8) is 0 Å². The van der Waals surface area contributed by atoms with E-state index < -0.39 is 0 Å². The van der Waals surface area contributed by atoms with Crippen molar-refractivity contribution in [2.45, 2.75) is 45.1 Å². The summed E-state index contributed by atoms with van der Waals surface area (Å²) in [6.45, 7) is 10.0. The Labute approximate surface area is 158 Å².